The fraction of sp³-hybridized carbons (Fsp3) is 0.600. The average Bonchev–Trinajstić information content (AvgIpc) is 2.61. The number of amides is 1. The zero-order valence-electron chi connectivity index (χ0n) is 6.15. The summed E-state index contributed by atoms with van der Waals surface area (Å²) in [6.45, 7) is 0. The van der Waals surface area contributed by atoms with E-state index in [9.17, 15) is 4.79 Å². The van der Waals surface area contributed by atoms with Crippen LogP contribution in [0.15, 0.2) is 0 Å². The van der Waals surface area contributed by atoms with Crippen LogP contribution in [0.1, 0.15) is 18.7 Å². The summed E-state index contributed by atoms with van der Waals surface area (Å²) in [5.41, 5.74) is 4.18. The van der Waals surface area contributed by atoms with Gasteiger partial charge in [0.05, 0.1) is 0 Å². The Morgan fingerprint density at radius 2 is 2.42 bits per heavy atom. The third-order valence-electron chi connectivity index (χ3n) is 1.75. The molecule has 0 aromatic carbocycles. The number of H-pyrrole nitrogens is 1. The van der Waals surface area contributed by atoms with E-state index in [4.69, 9.17) is 10.5 Å². The lowest BCUT2D eigenvalue weighted by atomic mass is 10.3. The van der Waals surface area contributed by atoms with Gasteiger partial charge in [0.1, 0.15) is 0 Å². The van der Waals surface area contributed by atoms with Crippen LogP contribution in [-0.2, 0) is 10.3 Å². The summed E-state index contributed by atoms with van der Waals surface area (Å²) in [5, 5.41) is 13.1. The van der Waals surface area contributed by atoms with E-state index in [0.717, 1.165) is 0 Å². The van der Waals surface area contributed by atoms with E-state index in [-0.39, 0.29) is 0 Å². The molecule has 7 nitrogen and oxygen atoms in total. The number of hydrogen-bond donors (Lipinski definition) is 2. The molecule has 12 heavy (non-hydrogen) atoms. The third-order valence-corrected chi connectivity index (χ3v) is 1.75. The Hall–Kier alpha value is -1.66. The van der Waals surface area contributed by atoms with E-state index in [0.29, 0.717) is 18.7 Å². The summed E-state index contributed by atoms with van der Waals surface area (Å²) >= 11 is 0. The Morgan fingerprint density at radius 3 is 2.83 bits per heavy atom. The van der Waals surface area contributed by atoms with E-state index < -0.39 is 11.7 Å². The molecule has 1 saturated carbocycles. The normalized spacial score (nSPS) is 18.7. The fourth-order valence-corrected chi connectivity index (χ4v) is 1.03. The Morgan fingerprint density at radius 1 is 1.67 bits per heavy atom. The van der Waals surface area contributed by atoms with Crippen LogP contribution < -0.4 is 5.73 Å². The lowest BCUT2D eigenvalue weighted by Crippen LogP contribution is -2.23. The first kappa shape index (κ1) is 7.01. The number of aromatic nitrogens is 4. The maximum atomic E-state index is 10.5. The molecule has 1 fully saturated rings. The largest absolute Gasteiger partial charge is 0.435 e. The monoisotopic (exact) mass is 169 g/mol. The molecule has 1 aliphatic rings. The van der Waals surface area contributed by atoms with E-state index in [1.54, 1.807) is 0 Å². The second-order valence-electron chi connectivity index (χ2n) is 2.65. The van der Waals surface area contributed by atoms with Crippen molar-refractivity contribution >= 4 is 6.09 Å². The van der Waals surface area contributed by atoms with Crippen molar-refractivity contribution in [3.8, 4) is 0 Å². The van der Waals surface area contributed by atoms with Crippen molar-refractivity contribution in [3.63, 3.8) is 0 Å². The topological polar surface area (TPSA) is 107 Å². The van der Waals surface area contributed by atoms with Crippen molar-refractivity contribution in [2.45, 2.75) is 18.4 Å². The van der Waals surface area contributed by atoms with E-state index in [1.807, 2.05) is 0 Å². The van der Waals surface area contributed by atoms with Crippen molar-refractivity contribution < 1.29 is 9.53 Å². The third kappa shape index (κ3) is 0.987. The van der Waals surface area contributed by atoms with Crippen molar-refractivity contribution in [1.82, 2.24) is 20.6 Å². The minimum atomic E-state index is -0.808. The van der Waals surface area contributed by atoms with Gasteiger partial charge in [-0.15, -0.1) is 10.2 Å². The molecule has 0 bridgehead atoms. The zero-order chi connectivity index (χ0) is 8.60. The maximum Gasteiger partial charge on any atom is 0.405 e. The van der Waals surface area contributed by atoms with Crippen LogP contribution in [0.25, 0.3) is 0 Å². The number of ether oxygens (including phenoxy) is 1. The molecule has 2 rings (SSSR count). The molecule has 0 aliphatic heterocycles. The number of nitrogens with two attached hydrogens (primary N) is 1. The number of nitrogens with zero attached hydrogens (tertiary/aromatic N) is 3. The van der Waals surface area contributed by atoms with Crippen LogP contribution in [0.4, 0.5) is 4.79 Å². The molecule has 0 atom stereocenters. The number of hydrogen-bond acceptors (Lipinski definition) is 5. The van der Waals surface area contributed by atoms with Gasteiger partial charge in [0, 0.05) is 0 Å². The van der Waals surface area contributed by atoms with Crippen LogP contribution >= 0.6 is 0 Å². The van der Waals surface area contributed by atoms with Gasteiger partial charge < -0.3 is 10.5 Å². The van der Waals surface area contributed by atoms with Gasteiger partial charge in [0.25, 0.3) is 0 Å². The maximum absolute atomic E-state index is 10.5. The molecule has 1 heterocycles. The SMILES string of the molecule is NC(=O)OC1(c2nn[nH]n2)CC1. The predicted octanol–water partition coefficient (Wildman–Crippen LogP) is -0.716. The molecule has 64 valence electrons. The Balaban J connectivity index is 2.17. The summed E-state index contributed by atoms with van der Waals surface area (Å²) in [6.07, 6.45) is 0.600. The first-order chi connectivity index (χ1) is 5.73. The molecule has 3 N–H and O–H groups in total. The average molecular weight is 169 g/mol. The molecule has 0 unspecified atom stereocenters. The summed E-state index contributed by atoms with van der Waals surface area (Å²) < 4.78 is 4.85. The molecule has 1 aliphatic carbocycles. The molecule has 0 saturated heterocycles. The van der Waals surface area contributed by atoms with Gasteiger partial charge in [-0.05, 0) is 12.8 Å². The first-order valence-corrected chi connectivity index (χ1v) is 3.45. The molecular weight excluding hydrogens is 162 g/mol. The standard InChI is InChI=1S/C5H7N5O2/c6-4(11)12-5(1-2-5)3-7-9-10-8-3/h1-2H2,(H2,6,11)(H,7,8,9,10). The van der Waals surface area contributed by atoms with Gasteiger partial charge >= 0.3 is 6.09 Å². The number of rotatable bonds is 2. The lowest BCUT2D eigenvalue weighted by Gasteiger charge is -2.08. The first-order valence-electron chi connectivity index (χ1n) is 3.45. The second-order valence-corrected chi connectivity index (χ2v) is 2.65. The highest BCUT2D eigenvalue weighted by Crippen LogP contribution is 2.47. The Bertz CT molecular complexity index is 291. The highest BCUT2D eigenvalue weighted by molar-refractivity contribution is 5.65. The number of carbonyl (C=O) groups is 1. The molecular formula is C5H7N5O2. The van der Waals surface area contributed by atoms with Crippen molar-refractivity contribution in [2.24, 2.45) is 5.73 Å². The number of primary amides is 1. The smallest absolute Gasteiger partial charge is 0.405 e. The van der Waals surface area contributed by atoms with E-state index in [1.165, 1.54) is 0 Å². The van der Waals surface area contributed by atoms with Gasteiger partial charge in [-0.25, -0.2) is 4.79 Å². The highest BCUT2D eigenvalue weighted by atomic mass is 16.6. The van der Waals surface area contributed by atoms with Crippen molar-refractivity contribution in [2.75, 3.05) is 0 Å². The van der Waals surface area contributed by atoms with Crippen molar-refractivity contribution in [1.29, 1.82) is 0 Å². The lowest BCUT2D eigenvalue weighted by molar-refractivity contribution is 0.0842. The predicted molar refractivity (Wildman–Crippen MR) is 35.8 cm³/mol. The van der Waals surface area contributed by atoms with Gasteiger partial charge in [-0.1, -0.05) is 5.21 Å². The van der Waals surface area contributed by atoms with Gasteiger partial charge in [-0.2, -0.15) is 5.21 Å². The minimum Gasteiger partial charge on any atom is -0.435 e. The Kier molecular flexibility index (Phi) is 1.26. The van der Waals surface area contributed by atoms with Crippen LogP contribution in [0.5, 0.6) is 0 Å². The molecule has 7 heteroatoms. The quantitative estimate of drug-likeness (QED) is 0.607. The van der Waals surface area contributed by atoms with E-state index in [2.05, 4.69) is 20.6 Å². The van der Waals surface area contributed by atoms with Gasteiger partial charge in [-0.3, -0.25) is 0 Å². The van der Waals surface area contributed by atoms with Crippen LogP contribution in [-0.4, -0.2) is 26.7 Å². The van der Waals surface area contributed by atoms with Crippen LogP contribution in [0, 0.1) is 0 Å². The second kappa shape index (κ2) is 2.16. The molecule has 1 amide bonds. The Labute approximate surface area is 67.3 Å². The summed E-state index contributed by atoms with van der Waals surface area (Å²) in [7, 11) is 0. The highest BCUT2D eigenvalue weighted by Gasteiger charge is 2.52. The molecule has 0 radical (unpaired) electrons. The summed E-state index contributed by atoms with van der Waals surface area (Å²) in [5.74, 6) is 0.390. The molecule has 1 aromatic heterocycles. The fourth-order valence-electron chi connectivity index (χ4n) is 1.03. The minimum absolute atomic E-state index is 0.390. The summed E-state index contributed by atoms with van der Waals surface area (Å²) in [4.78, 5) is 10.5. The number of carbonyl (C=O) groups excluding carboxylic acids is 1. The zero-order valence-corrected chi connectivity index (χ0v) is 6.15. The van der Waals surface area contributed by atoms with Gasteiger partial charge in [0.2, 0.25) is 5.82 Å². The van der Waals surface area contributed by atoms with E-state index >= 15 is 0 Å². The molecule has 1 aromatic rings. The molecule has 0 spiro atoms. The van der Waals surface area contributed by atoms with Crippen LogP contribution in [0.2, 0.25) is 0 Å². The number of tetrazole rings is 1. The van der Waals surface area contributed by atoms with Crippen molar-refractivity contribution in [3.05, 3.63) is 5.82 Å². The van der Waals surface area contributed by atoms with Crippen LogP contribution in [0.3, 0.4) is 0 Å². The van der Waals surface area contributed by atoms with Gasteiger partial charge in [0.15, 0.2) is 5.60 Å². The number of aromatic amines is 1. The number of nitrogens with one attached hydrogen (secondary N) is 1. The summed E-state index contributed by atoms with van der Waals surface area (Å²) in [6, 6.07) is 0.